The number of nitrogens with zero attached hydrogens (tertiary/aromatic N) is 1. The van der Waals surface area contributed by atoms with Crippen molar-refractivity contribution in [3.8, 4) is 5.75 Å². The third kappa shape index (κ3) is 3.48. The molecule has 0 bridgehead atoms. The highest BCUT2D eigenvalue weighted by molar-refractivity contribution is 5.78. The smallest absolute Gasteiger partial charge is 0.123 e. The highest BCUT2D eigenvalue weighted by Gasteiger charge is 2.14. The van der Waals surface area contributed by atoms with Gasteiger partial charge in [-0.25, -0.2) is 4.39 Å². The molecule has 0 aliphatic rings. The molecule has 0 saturated heterocycles. The standard InChI is InChI=1S/C19H19FN2O/c1-2-17(16-10-15(20)7-8-19(16)23)21-11-13-9-14-5-3-4-6-18(14)22-12-13/h3-10,12,17,21,23H,2,11H2,1H3. The molecule has 1 aromatic heterocycles. The minimum absolute atomic E-state index is 0.113. The van der Waals surface area contributed by atoms with Gasteiger partial charge >= 0.3 is 0 Å². The van der Waals surface area contributed by atoms with Crippen molar-refractivity contribution in [1.29, 1.82) is 0 Å². The number of hydrogen-bond donors (Lipinski definition) is 2. The third-order valence-corrected chi connectivity index (χ3v) is 3.97. The Bertz CT molecular complexity index is 819. The molecule has 0 aliphatic carbocycles. The highest BCUT2D eigenvalue weighted by Crippen LogP contribution is 2.27. The maximum absolute atomic E-state index is 13.4. The number of fused-ring (bicyclic) bond motifs is 1. The van der Waals surface area contributed by atoms with Crippen LogP contribution in [-0.4, -0.2) is 10.1 Å². The molecule has 0 fully saturated rings. The third-order valence-electron chi connectivity index (χ3n) is 3.97. The number of aromatic nitrogens is 1. The van der Waals surface area contributed by atoms with Crippen LogP contribution in [0.1, 0.15) is 30.5 Å². The van der Waals surface area contributed by atoms with E-state index in [-0.39, 0.29) is 17.6 Å². The number of phenolic OH excluding ortho intramolecular Hbond substituents is 1. The fourth-order valence-electron chi connectivity index (χ4n) is 2.73. The van der Waals surface area contributed by atoms with Gasteiger partial charge in [-0.3, -0.25) is 4.98 Å². The van der Waals surface area contributed by atoms with E-state index in [2.05, 4.69) is 16.4 Å². The number of aromatic hydroxyl groups is 1. The number of phenols is 1. The number of para-hydroxylation sites is 1. The Hall–Kier alpha value is -2.46. The number of hydrogen-bond acceptors (Lipinski definition) is 3. The summed E-state index contributed by atoms with van der Waals surface area (Å²) in [6.45, 7) is 2.60. The summed E-state index contributed by atoms with van der Waals surface area (Å²) in [5, 5.41) is 14.4. The maximum atomic E-state index is 13.4. The largest absolute Gasteiger partial charge is 0.508 e. The van der Waals surface area contributed by atoms with Crippen molar-refractivity contribution in [3.05, 3.63) is 71.7 Å². The molecule has 0 radical (unpaired) electrons. The fourth-order valence-corrected chi connectivity index (χ4v) is 2.73. The number of nitrogens with one attached hydrogen (secondary N) is 1. The van der Waals surface area contributed by atoms with Crippen molar-refractivity contribution < 1.29 is 9.50 Å². The lowest BCUT2D eigenvalue weighted by atomic mass is 10.0. The van der Waals surface area contributed by atoms with E-state index in [4.69, 9.17) is 0 Å². The molecule has 1 heterocycles. The van der Waals surface area contributed by atoms with Crippen LogP contribution in [0.5, 0.6) is 5.75 Å². The molecular formula is C19H19FN2O. The molecule has 0 spiro atoms. The number of pyridine rings is 1. The predicted molar refractivity (Wildman–Crippen MR) is 89.7 cm³/mol. The van der Waals surface area contributed by atoms with E-state index in [1.807, 2.05) is 37.4 Å². The normalized spacial score (nSPS) is 12.4. The quantitative estimate of drug-likeness (QED) is 0.737. The minimum atomic E-state index is -0.342. The molecule has 0 amide bonds. The summed E-state index contributed by atoms with van der Waals surface area (Å²) in [5.74, 6) is -0.229. The van der Waals surface area contributed by atoms with Gasteiger partial charge in [0.1, 0.15) is 11.6 Å². The van der Waals surface area contributed by atoms with E-state index < -0.39 is 0 Å². The van der Waals surface area contributed by atoms with Crippen molar-refractivity contribution >= 4 is 10.9 Å². The highest BCUT2D eigenvalue weighted by atomic mass is 19.1. The van der Waals surface area contributed by atoms with Crippen LogP contribution in [0.2, 0.25) is 0 Å². The fraction of sp³-hybridized carbons (Fsp3) is 0.211. The van der Waals surface area contributed by atoms with Crippen LogP contribution in [-0.2, 0) is 6.54 Å². The lowest BCUT2D eigenvalue weighted by molar-refractivity contribution is 0.437. The second-order valence-electron chi connectivity index (χ2n) is 5.58. The van der Waals surface area contributed by atoms with Gasteiger partial charge in [0.15, 0.2) is 0 Å². The van der Waals surface area contributed by atoms with Gasteiger partial charge in [0, 0.05) is 29.7 Å². The average molecular weight is 310 g/mol. The molecule has 0 saturated carbocycles. The average Bonchev–Trinajstić information content (AvgIpc) is 2.58. The van der Waals surface area contributed by atoms with Crippen LogP contribution in [0, 0.1) is 5.82 Å². The van der Waals surface area contributed by atoms with Crippen LogP contribution in [0.3, 0.4) is 0 Å². The second-order valence-corrected chi connectivity index (χ2v) is 5.58. The van der Waals surface area contributed by atoms with E-state index in [1.54, 1.807) is 0 Å². The summed E-state index contributed by atoms with van der Waals surface area (Å²) in [4.78, 5) is 4.44. The Morgan fingerprint density at radius 3 is 2.83 bits per heavy atom. The molecule has 23 heavy (non-hydrogen) atoms. The Morgan fingerprint density at radius 1 is 1.17 bits per heavy atom. The van der Waals surface area contributed by atoms with Crippen molar-refractivity contribution in [2.45, 2.75) is 25.9 Å². The van der Waals surface area contributed by atoms with E-state index in [1.165, 1.54) is 18.2 Å². The summed E-state index contributed by atoms with van der Waals surface area (Å²) >= 11 is 0. The van der Waals surface area contributed by atoms with Gasteiger partial charge in [-0.1, -0.05) is 25.1 Å². The minimum Gasteiger partial charge on any atom is -0.508 e. The summed E-state index contributed by atoms with van der Waals surface area (Å²) in [6.07, 6.45) is 2.59. The molecule has 0 aliphatic heterocycles. The van der Waals surface area contributed by atoms with Gasteiger partial charge < -0.3 is 10.4 Å². The van der Waals surface area contributed by atoms with Crippen molar-refractivity contribution in [2.75, 3.05) is 0 Å². The van der Waals surface area contributed by atoms with E-state index in [0.29, 0.717) is 12.1 Å². The summed E-state index contributed by atoms with van der Waals surface area (Å²) in [7, 11) is 0. The summed E-state index contributed by atoms with van der Waals surface area (Å²) in [6, 6.07) is 14.0. The molecule has 3 nitrogen and oxygen atoms in total. The van der Waals surface area contributed by atoms with Crippen LogP contribution < -0.4 is 5.32 Å². The van der Waals surface area contributed by atoms with Crippen LogP contribution in [0.4, 0.5) is 4.39 Å². The first-order valence-electron chi connectivity index (χ1n) is 7.73. The van der Waals surface area contributed by atoms with Crippen molar-refractivity contribution in [3.63, 3.8) is 0 Å². The van der Waals surface area contributed by atoms with Crippen molar-refractivity contribution in [1.82, 2.24) is 10.3 Å². The molecule has 2 aromatic carbocycles. The van der Waals surface area contributed by atoms with E-state index >= 15 is 0 Å². The molecule has 118 valence electrons. The van der Waals surface area contributed by atoms with Crippen molar-refractivity contribution in [2.24, 2.45) is 0 Å². The number of rotatable bonds is 5. The van der Waals surface area contributed by atoms with Gasteiger partial charge in [-0.05, 0) is 42.3 Å². The Balaban J connectivity index is 1.77. The van der Waals surface area contributed by atoms with E-state index in [9.17, 15) is 9.50 Å². The molecule has 3 aromatic rings. The van der Waals surface area contributed by atoms with E-state index in [0.717, 1.165) is 22.9 Å². The lowest BCUT2D eigenvalue weighted by Gasteiger charge is -2.19. The monoisotopic (exact) mass is 310 g/mol. The second kappa shape index (κ2) is 6.75. The maximum Gasteiger partial charge on any atom is 0.123 e. The number of halogens is 1. The first-order chi connectivity index (χ1) is 11.2. The first-order valence-corrected chi connectivity index (χ1v) is 7.73. The molecule has 2 N–H and O–H groups in total. The van der Waals surface area contributed by atoms with Crippen LogP contribution >= 0.6 is 0 Å². The van der Waals surface area contributed by atoms with Gasteiger partial charge in [0.2, 0.25) is 0 Å². The Kier molecular flexibility index (Phi) is 4.53. The Labute approximate surface area is 134 Å². The lowest BCUT2D eigenvalue weighted by Crippen LogP contribution is -2.20. The molecule has 1 atom stereocenters. The number of benzene rings is 2. The Morgan fingerprint density at radius 2 is 2.00 bits per heavy atom. The predicted octanol–water partition coefficient (Wildman–Crippen LogP) is 4.32. The molecular weight excluding hydrogens is 291 g/mol. The SMILES string of the molecule is CCC(NCc1cnc2ccccc2c1)c1cc(F)ccc1O. The van der Waals surface area contributed by atoms with Gasteiger partial charge in [0.25, 0.3) is 0 Å². The van der Waals surface area contributed by atoms with Gasteiger partial charge in [-0.15, -0.1) is 0 Å². The summed E-state index contributed by atoms with van der Waals surface area (Å²) < 4.78 is 13.4. The van der Waals surface area contributed by atoms with Crippen LogP contribution in [0.25, 0.3) is 10.9 Å². The molecule has 1 unspecified atom stereocenters. The zero-order valence-electron chi connectivity index (χ0n) is 13.0. The van der Waals surface area contributed by atoms with Gasteiger partial charge in [-0.2, -0.15) is 0 Å². The summed E-state index contributed by atoms with van der Waals surface area (Å²) in [5.41, 5.74) is 2.60. The molecule has 4 heteroatoms. The zero-order chi connectivity index (χ0) is 16.2. The zero-order valence-corrected chi connectivity index (χ0v) is 13.0. The first kappa shape index (κ1) is 15.4. The molecule has 3 rings (SSSR count). The topological polar surface area (TPSA) is 45.2 Å². The van der Waals surface area contributed by atoms with Gasteiger partial charge in [0.05, 0.1) is 5.52 Å². The van der Waals surface area contributed by atoms with Crippen LogP contribution in [0.15, 0.2) is 54.7 Å².